The number of likely N-dealkylation sites (tertiary alicyclic amines) is 1. The van der Waals surface area contributed by atoms with Crippen molar-refractivity contribution in [3.63, 3.8) is 0 Å². The Labute approximate surface area is 182 Å². The number of ether oxygens (including phenoxy) is 1. The number of amides is 3. The molecule has 1 saturated heterocycles. The molecule has 1 atom stereocenters. The van der Waals surface area contributed by atoms with Gasteiger partial charge in [0.25, 0.3) is 11.8 Å². The van der Waals surface area contributed by atoms with Crippen LogP contribution in [0.3, 0.4) is 0 Å². The van der Waals surface area contributed by atoms with E-state index < -0.39 is 47.2 Å². The minimum atomic E-state index is -1.06. The highest BCUT2D eigenvalue weighted by atomic mass is 19.1. The van der Waals surface area contributed by atoms with E-state index in [1.54, 1.807) is 6.07 Å². The van der Waals surface area contributed by atoms with E-state index in [0.717, 1.165) is 12.1 Å². The first-order valence-corrected chi connectivity index (χ1v) is 10.0. The summed E-state index contributed by atoms with van der Waals surface area (Å²) in [7, 11) is 0. The minimum Gasteiger partial charge on any atom is -0.478 e. The van der Waals surface area contributed by atoms with E-state index >= 15 is 0 Å². The van der Waals surface area contributed by atoms with Gasteiger partial charge in [0.1, 0.15) is 11.6 Å². The average Bonchev–Trinajstić information content (AvgIpc) is 2.78. The Morgan fingerprint density at radius 3 is 2.34 bits per heavy atom. The van der Waals surface area contributed by atoms with Crippen molar-refractivity contribution in [2.24, 2.45) is 5.92 Å². The van der Waals surface area contributed by atoms with Gasteiger partial charge < -0.3 is 9.64 Å². The molecule has 1 fully saturated rings. The van der Waals surface area contributed by atoms with E-state index in [9.17, 15) is 27.6 Å². The summed E-state index contributed by atoms with van der Waals surface area (Å²) in [6.45, 7) is 1.82. The Balaban J connectivity index is 1.45. The lowest BCUT2D eigenvalue weighted by Crippen LogP contribution is -2.51. The molecule has 0 spiro atoms. The summed E-state index contributed by atoms with van der Waals surface area (Å²) in [5, 5.41) is 0. The second-order valence-corrected chi connectivity index (χ2v) is 7.36. The minimum absolute atomic E-state index is 0.0869. The molecule has 2 aromatic rings. The number of piperidine rings is 1. The Morgan fingerprint density at radius 1 is 1.00 bits per heavy atom. The van der Waals surface area contributed by atoms with Crippen molar-refractivity contribution in [3.8, 4) is 5.75 Å². The molecule has 0 saturated carbocycles. The number of para-hydroxylation sites is 1. The number of hydrazine groups is 1. The average molecular weight is 449 g/mol. The normalized spacial score (nSPS) is 15.1. The van der Waals surface area contributed by atoms with E-state index in [1.165, 1.54) is 30.0 Å². The third-order valence-corrected chi connectivity index (χ3v) is 5.13. The molecule has 0 bridgehead atoms. The first kappa shape index (κ1) is 23.1. The predicted octanol–water partition coefficient (Wildman–Crippen LogP) is 2.57. The van der Waals surface area contributed by atoms with Crippen molar-refractivity contribution in [2.75, 3.05) is 13.1 Å². The Kier molecular flexibility index (Phi) is 7.34. The molecule has 7 nitrogen and oxygen atoms in total. The lowest BCUT2D eigenvalue weighted by molar-refractivity contribution is -0.135. The summed E-state index contributed by atoms with van der Waals surface area (Å²) in [6, 6.07) is 8.37. The standard InChI is InChI=1S/C22H22F3N3O4/c1-13(32-19-5-3-2-4-17(19)24)20(29)26-27-21(30)14-8-10-28(11-9-14)22(31)16-7-6-15(23)12-18(16)25/h2-7,12-14H,8-11H2,1H3,(H,26,29)(H,27,30). The highest BCUT2D eigenvalue weighted by Gasteiger charge is 2.29. The fourth-order valence-corrected chi connectivity index (χ4v) is 3.29. The van der Waals surface area contributed by atoms with Gasteiger partial charge in [0.15, 0.2) is 17.7 Å². The van der Waals surface area contributed by atoms with Crippen molar-refractivity contribution in [1.29, 1.82) is 0 Å². The van der Waals surface area contributed by atoms with Gasteiger partial charge in [-0.15, -0.1) is 0 Å². The molecule has 0 aliphatic carbocycles. The van der Waals surface area contributed by atoms with Gasteiger partial charge >= 0.3 is 0 Å². The Morgan fingerprint density at radius 2 is 1.69 bits per heavy atom. The molecule has 2 N–H and O–H groups in total. The van der Waals surface area contributed by atoms with Crippen LogP contribution in [0.5, 0.6) is 5.75 Å². The van der Waals surface area contributed by atoms with E-state index in [4.69, 9.17) is 4.74 Å². The lowest BCUT2D eigenvalue weighted by atomic mass is 9.95. The van der Waals surface area contributed by atoms with E-state index in [0.29, 0.717) is 18.9 Å². The summed E-state index contributed by atoms with van der Waals surface area (Å²) >= 11 is 0. The molecule has 0 aromatic heterocycles. The van der Waals surface area contributed by atoms with Gasteiger partial charge in [0, 0.05) is 25.1 Å². The zero-order valence-corrected chi connectivity index (χ0v) is 17.2. The molecule has 0 radical (unpaired) electrons. The van der Waals surface area contributed by atoms with Gasteiger partial charge in [-0.05, 0) is 44.0 Å². The molecular weight excluding hydrogens is 427 g/mol. The van der Waals surface area contributed by atoms with Crippen LogP contribution in [0.25, 0.3) is 0 Å². The highest BCUT2D eigenvalue weighted by molar-refractivity contribution is 5.94. The van der Waals surface area contributed by atoms with Crippen molar-refractivity contribution in [3.05, 3.63) is 65.5 Å². The second-order valence-electron chi connectivity index (χ2n) is 7.36. The van der Waals surface area contributed by atoms with E-state index in [2.05, 4.69) is 10.9 Å². The van der Waals surface area contributed by atoms with Gasteiger partial charge in [-0.2, -0.15) is 0 Å². The third-order valence-electron chi connectivity index (χ3n) is 5.13. The van der Waals surface area contributed by atoms with Crippen LogP contribution in [-0.2, 0) is 9.59 Å². The number of hydrogen-bond acceptors (Lipinski definition) is 4. The number of nitrogens with one attached hydrogen (secondary N) is 2. The molecule has 10 heteroatoms. The zero-order valence-electron chi connectivity index (χ0n) is 17.2. The fourth-order valence-electron chi connectivity index (χ4n) is 3.29. The number of nitrogens with zero attached hydrogens (tertiary/aromatic N) is 1. The topological polar surface area (TPSA) is 87.7 Å². The van der Waals surface area contributed by atoms with Gasteiger partial charge in [-0.3, -0.25) is 25.2 Å². The van der Waals surface area contributed by atoms with Crippen LogP contribution in [0.2, 0.25) is 0 Å². The first-order valence-electron chi connectivity index (χ1n) is 10.0. The van der Waals surface area contributed by atoms with Crippen molar-refractivity contribution >= 4 is 17.7 Å². The van der Waals surface area contributed by atoms with Crippen molar-refractivity contribution in [2.45, 2.75) is 25.9 Å². The summed E-state index contributed by atoms with van der Waals surface area (Å²) in [4.78, 5) is 38.3. The predicted molar refractivity (Wildman–Crippen MR) is 108 cm³/mol. The lowest BCUT2D eigenvalue weighted by Gasteiger charge is -2.31. The van der Waals surface area contributed by atoms with Gasteiger partial charge in [-0.25, -0.2) is 13.2 Å². The molecule has 1 aliphatic rings. The van der Waals surface area contributed by atoms with E-state index in [-0.39, 0.29) is 24.4 Å². The maximum absolute atomic E-state index is 13.8. The maximum atomic E-state index is 13.8. The molecule has 2 aromatic carbocycles. The molecule has 1 aliphatic heterocycles. The van der Waals surface area contributed by atoms with Crippen LogP contribution >= 0.6 is 0 Å². The summed E-state index contributed by atoms with van der Waals surface area (Å²) in [5.41, 5.74) is 4.32. The molecule has 1 unspecified atom stereocenters. The highest BCUT2D eigenvalue weighted by Crippen LogP contribution is 2.21. The Hall–Kier alpha value is -3.56. The van der Waals surface area contributed by atoms with Gasteiger partial charge in [0.05, 0.1) is 5.56 Å². The largest absolute Gasteiger partial charge is 0.478 e. The van der Waals surface area contributed by atoms with Crippen LogP contribution in [0, 0.1) is 23.4 Å². The monoisotopic (exact) mass is 449 g/mol. The molecule has 170 valence electrons. The van der Waals surface area contributed by atoms with Gasteiger partial charge in [0.2, 0.25) is 5.91 Å². The fraction of sp³-hybridized carbons (Fsp3) is 0.318. The zero-order chi connectivity index (χ0) is 23.3. The second kappa shape index (κ2) is 10.2. The molecule has 1 heterocycles. The van der Waals surface area contributed by atoms with Crippen molar-refractivity contribution < 1.29 is 32.3 Å². The van der Waals surface area contributed by atoms with Crippen LogP contribution in [0.15, 0.2) is 42.5 Å². The summed E-state index contributed by atoms with van der Waals surface area (Å²) in [5.74, 6) is -4.57. The molecule has 3 amide bonds. The van der Waals surface area contributed by atoms with Crippen LogP contribution in [-0.4, -0.2) is 41.8 Å². The van der Waals surface area contributed by atoms with Crippen LogP contribution < -0.4 is 15.6 Å². The van der Waals surface area contributed by atoms with Gasteiger partial charge in [-0.1, -0.05) is 12.1 Å². The first-order chi connectivity index (χ1) is 15.3. The third kappa shape index (κ3) is 5.57. The van der Waals surface area contributed by atoms with Crippen molar-refractivity contribution in [1.82, 2.24) is 15.8 Å². The van der Waals surface area contributed by atoms with E-state index in [1.807, 2.05) is 0 Å². The number of carbonyl (C=O) groups is 3. The summed E-state index contributed by atoms with van der Waals surface area (Å²) in [6.07, 6.45) is -0.452. The molecular formula is C22H22F3N3O4. The van der Waals surface area contributed by atoms with Crippen LogP contribution in [0.1, 0.15) is 30.1 Å². The Bertz CT molecular complexity index is 1010. The number of rotatable bonds is 5. The SMILES string of the molecule is CC(Oc1ccccc1F)C(=O)NNC(=O)C1CCN(C(=O)c2ccc(F)cc2F)CC1. The summed E-state index contributed by atoms with van der Waals surface area (Å²) < 4.78 is 45.7. The molecule has 3 rings (SSSR count). The smallest absolute Gasteiger partial charge is 0.279 e. The van der Waals surface area contributed by atoms with Crippen LogP contribution in [0.4, 0.5) is 13.2 Å². The maximum Gasteiger partial charge on any atom is 0.279 e. The quantitative estimate of drug-likeness (QED) is 0.687. The number of halogens is 3. The number of carbonyl (C=O) groups excluding carboxylic acids is 3. The number of hydrogen-bond donors (Lipinski definition) is 2. The molecule has 32 heavy (non-hydrogen) atoms. The number of benzene rings is 2.